The van der Waals surface area contributed by atoms with Crippen LogP contribution in [0.15, 0.2) is 0 Å². The second kappa shape index (κ2) is 5.85. The van der Waals surface area contributed by atoms with E-state index in [1.807, 2.05) is 0 Å². The van der Waals surface area contributed by atoms with Crippen molar-refractivity contribution in [2.45, 2.75) is 44.2 Å². The molecule has 17 heavy (non-hydrogen) atoms. The number of sulfone groups is 1. The number of hydrogen-bond donors (Lipinski definition) is 2. The summed E-state index contributed by atoms with van der Waals surface area (Å²) >= 11 is 0. The summed E-state index contributed by atoms with van der Waals surface area (Å²) in [5.41, 5.74) is 5.51. The summed E-state index contributed by atoms with van der Waals surface area (Å²) in [6, 6.07) is -0.00986. The lowest BCUT2D eigenvalue weighted by molar-refractivity contribution is 0.280. The van der Waals surface area contributed by atoms with Gasteiger partial charge in [-0.25, -0.2) is 8.42 Å². The summed E-state index contributed by atoms with van der Waals surface area (Å²) in [4.78, 5) is 0. The van der Waals surface area contributed by atoms with E-state index in [2.05, 4.69) is 18.2 Å². The zero-order valence-corrected chi connectivity index (χ0v) is 11.2. The number of rotatable bonds is 5. The molecule has 1 saturated heterocycles. The third kappa shape index (κ3) is 3.98. The van der Waals surface area contributed by atoms with Gasteiger partial charge in [0.25, 0.3) is 0 Å². The molecule has 1 rings (SSSR count). The number of hydrogen-bond acceptors (Lipinski definition) is 4. The van der Waals surface area contributed by atoms with Crippen LogP contribution >= 0.6 is 0 Å². The van der Waals surface area contributed by atoms with Crippen LogP contribution in [0.1, 0.15) is 32.6 Å². The van der Waals surface area contributed by atoms with Gasteiger partial charge in [-0.3, -0.25) is 5.32 Å². The minimum atomic E-state index is -2.87. The summed E-state index contributed by atoms with van der Waals surface area (Å²) < 4.78 is 22.9. The first kappa shape index (κ1) is 14.5. The van der Waals surface area contributed by atoms with Gasteiger partial charge in [0, 0.05) is 12.1 Å². The highest BCUT2D eigenvalue weighted by atomic mass is 32.2. The average molecular weight is 258 g/mol. The van der Waals surface area contributed by atoms with Gasteiger partial charge in [-0.1, -0.05) is 19.3 Å². The Labute approximate surface area is 104 Å². The van der Waals surface area contributed by atoms with Gasteiger partial charge in [-0.15, -0.1) is 6.42 Å². The Kier molecular flexibility index (Phi) is 4.99. The summed E-state index contributed by atoms with van der Waals surface area (Å²) in [6.45, 7) is 2.51. The van der Waals surface area contributed by atoms with Crippen LogP contribution < -0.4 is 11.1 Å². The Hall–Kier alpha value is -0.570. The molecule has 0 bridgehead atoms. The Morgan fingerprint density at radius 3 is 2.47 bits per heavy atom. The molecule has 0 aromatic carbocycles. The quantitative estimate of drug-likeness (QED) is 0.695. The molecule has 4 nitrogen and oxygen atoms in total. The Morgan fingerprint density at radius 1 is 1.47 bits per heavy atom. The molecule has 1 fully saturated rings. The minimum absolute atomic E-state index is 0.00986. The van der Waals surface area contributed by atoms with E-state index in [9.17, 15) is 8.42 Å². The lowest BCUT2D eigenvalue weighted by Gasteiger charge is -2.39. The third-order valence-electron chi connectivity index (χ3n) is 3.43. The molecule has 1 atom stereocenters. The Morgan fingerprint density at radius 2 is 2.06 bits per heavy atom. The van der Waals surface area contributed by atoms with E-state index >= 15 is 0 Å². The van der Waals surface area contributed by atoms with Crippen molar-refractivity contribution >= 4 is 9.84 Å². The predicted octanol–water partition coefficient (Wildman–Crippen LogP) is 0.284. The minimum Gasteiger partial charge on any atom is -0.329 e. The van der Waals surface area contributed by atoms with E-state index in [1.165, 1.54) is 0 Å². The van der Waals surface area contributed by atoms with Crippen LogP contribution in [0, 0.1) is 12.3 Å². The topological polar surface area (TPSA) is 72.2 Å². The molecule has 1 aliphatic rings. The fraction of sp³-hybridized carbons (Fsp3) is 0.833. The molecule has 0 radical (unpaired) electrons. The summed E-state index contributed by atoms with van der Waals surface area (Å²) in [5.74, 6) is 3.13. The second-order valence-electron chi connectivity index (χ2n) is 4.79. The van der Waals surface area contributed by atoms with Crippen LogP contribution in [0.5, 0.6) is 0 Å². The van der Waals surface area contributed by atoms with Crippen molar-refractivity contribution in [3.8, 4) is 12.3 Å². The van der Waals surface area contributed by atoms with Gasteiger partial charge < -0.3 is 5.73 Å². The maximum atomic E-state index is 11.4. The van der Waals surface area contributed by atoms with Crippen molar-refractivity contribution < 1.29 is 8.42 Å². The molecule has 98 valence electrons. The van der Waals surface area contributed by atoms with Gasteiger partial charge in [0.15, 0.2) is 0 Å². The summed E-state index contributed by atoms with van der Waals surface area (Å²) in [6.07, 6.45) is 8.49. The maximum Gasteiger partial charge on any atom is 0.150 e. The molecule has 0 saturated carbocycles. The molecule has 1 heterocycles. The first-order chi connectivity index (χ1) is 7.97. The van der Waals surface area contributed by atoms with Crippen molar-refractivity contribution in [2.24, 2.45) is 5.73 Å². The first-order valence-electron chi connectivity index (χ1n) is 6.11. The van der Waals surface area contributed by atoms with Crippen LogP contribution in [0.2, 0.25) is 0 Å². The van der Waals surface area contributed by atoms with Gasteiger partial charge in [-0.2, -0.15) is 0 Å². The van der Waals surface area contributed by atoms with E-state index in [4.69, 9.17) is 12.2 Å². The molecule has 0 aromatic heterocycles. The molecule has 1 unspecified atom stereocenters. The number of nitrogens with two attached hydrogens (primary N) is 1. The maximum absolute atomic E-state index is 11.4. The fourth-order valence-corrected chi connectivity index (χ4v) is 3.80. The molecular formula is C12H22N2O2S. The standard InChI is InChI=1S/C12H22N2O2S/c1-3-5-11(4-2)14-12(10-13)6-8-17(15,16)9-7-12/h2,11,14H,3,5-10,13H2,1H3. The number of nitrogens with one attached hydrogen (secondary N) is 1. The van der Waals surface area contributed by atoms with E-state index in [0.29, 0.717) is 19.4 Å². The number of terminal acetylenes is 1. The first-order valence-corrected chi connectivity index (χ1v) is 7.93. The lowest BCUT2D eigenvalue weighted by atomic mass is 9.90. The highest BCUT2D eigenvalue weighted by Gasteiger charge is 2.37. The highest BCUT2D eigenvalue weighted by molar-refractivity contribution is 7.91. The van der Waals surface area contributed by atoms with Gasteiger partial charge in [0.2, 0.25) is 0 Å². The molecule has 0 aromatic rings. The van der Waals surface area contributed by atoms with Gasteiger partial charge >= 0.3 is 0 Å². The monoisotopic (exact) mass is 258 g/mol. The van der Waals surface area contributed by atoms with Crippen molar-refractivity contribution in [1.29, 1.82) is 0 Å². The van der Waals surface area contributed by atoms with Crippen LogP contribution in [-0.4, -0.2) is 38.0 Å². The van der Waals surface area contributed by atoms with Gasteiger partial charge in [0.05, 0.1) is 17.5 Å². The third-order valence-corrected chi connectivity index (χ3v) is 5.09. The fourth-order valence-electron chi connectivity index (χ4n) is 2.19. The van der Waals surface area contributed by atoms with Crippen molar-refractivity contribution in [3.63, 3.8) is 0 Å². The van der Waals surface area contributed by atoms with Crippen LogP contribution in [0.25, 0.3) is 0 Å². The molecule has 3 N–H and O–H groups in total. The summed E-state index contributed by atoms with van der Waals surface area (Å²) in [7, 11) is -2.87. The normalized spacial score (nSPS) is 23.8. The van der Waals surface area contributed by atoms with Crippen LogP contribution in [0.3, 0.4) is 0 Å². The van der Waals surface area contributed by atoms with Crippen molar-refractivity contribution in [1.82, 2.24) is 5.32 Å². The van der Waals surface area contributed by atoms with E-state index < -0.39 is 9.84 Å². The molecule has 1 aliphatic heterocycles. The molecule has 0 aliphatic carbocycles. The lowest BCUT2D eigenvalue weighted by Crippen LogP contribution is -2.58. The zero-order chi connectivity index (χ0) is 12.9. The summed E-state index contributed by atoms with van der Waals surface area (Å²) in [5, 5.41) is 3.38. The average Bonchev–Trinajstić information content (AvgIpc) is 2.31. The van der Waals surface area contributed by atoms with Crippen molar-refractivity contribution in [3.05, 3.63) is 0 Å². The highest BCUT2D eigenvalue weighted by Crippen LogP contribution is 2.24. The zero-order valence-electron chi connectivity index (χ0n) is 10.4. The van der Waals surface area contributed by atoms with Gasteiger partial charge in [-0.05, 0) is 19.3 Å². The van der Waals surface area contributed by atoms with Crippen LogP contribution in [-0.2, 0) is 9.84 Å². The van der Waals surface area contributed by atoms with Gasteiger partial charge in [0.1, 0.15) is 9.84 Å². The Balaban J connectivity index is 2.68. The molecular weight excluding hydrogens is 236 g/mol. The smallest absolute Gasteiger partial charge is 0.150 e. The largest absolute Gasteiger partial charge is 0.329 e. The Bertz CT molecular complexity index is 370. The molecule has 0 spiro atoms. The molecule has 0 amide bonds. The SMILES string of the molecule is C#CC(CCC)NC1(CN)CCS(=O)(=O)CC1. The predicted molar refractivity (Wildman–Crippen MR) is 70.3 cm³/mol. The van der Waals surface area contributed by atoms with Crippen LogP contribution in [0.4, 0.5) is 0 Å². The van der Waals surface area contributed by atoms with E-state index in [-0.39, 0.29) is 23.1 Å². The van der Waals surface area contributed by atoms with Crippen molar-refractivity contribution in [2.75, 3.05) is 18.1 Å². The van der Waals surface area contributed by atoms with E-state index in [1.54, 1.807) is 0 Å². The van der Waals surface area contributed by atoms with E-state index in [0.717, 1.165) is 12.8 Å². The second-order valence-corrected chi connectivity index (χ2v) is 7.09. The molecule has 5 heteroatoms.